The zero-order valence-corrected chi connectivity index (χ0v) is 55.3. The molecule has 18 rings (SSSR count). The molecular formula is C93H68N4S. The van der Waals surface area contributed by atoms with E-state index in [1.165, 1.54) is 92.2 Å². The van der Waals surface area contributed by atoms with Gasteiger partial charge in [0.05, 0.1) is 11.0 Å². The fraction of sp³-hybridized carbons (Fsp3) is 0.0323. The lowest BCUT2D eigenvalue weighted by atomic mass is 9.82. The summed E-state index contributed by atoms with van der Waals surface area (Å²) in [6, 6.07) is 136. The zero-order chi connectivity index (χ0) is 65.5. The summed E-state index contributed by atoms with van der Waals surface area (Å²) in [4.78, 5) is 7.08. The number of aromatic nitrogens is 1. The van der Waals surface area contributed by atoms with E-state index in [-0.39, 0.29) is 5.41 Å². The van der Waals surface area contributed by atoms with E-state index in [1.54, 1.807) is 0 Å². The van der Waals surface area contributed by atoms with Crippen molar-refractivity contribution in [2.45, 2.75) is 19.3 Å². The van der Waals surface area contributed by atoms with Crippen LogP contribution in [0, 0.1) is 0 Å². The maximum absolute atomic E-state index is 2.46. The van der Waals surface area contributed by atoms with Crippen LogP contribution < -0.4 is 14.7 Å². The molecule has 0 saturated heterocycles. The first-order chi connectivity index (χ1) is 48.4. The van der Waals surface area contributed by atoms with Crippen molar-refractivity contribution >= 4 is 105 Å². The average Bonchev–Trinajstić information content (AvgIpc) is 1.55. The lowest BCUT2D eigenvalue weighted by molar-refractivity contribution is 0.661. The first-order valence-electron chi connectivity index (χ1n) is 33.6. The van der Waals surface area contributed by atoms with Crippen molar-refractivity contribution in [3.8, 4) is 50.2 Å². The van der Waals surface area contributed by atoms with E-state index in [0.29, 0.717) is 0 Å². The number of hydrogen-bond acceptors (Lipinski definition) is 4. The van der Waals surface area contributed by atoms with Gasteiger partial charge in [-0.3, -0.25) is 0 Å². The van der Waals surface area contributed by atoms with Gasteiger partial charge in [-0.2, -0.15) is 0 Å². The molecule has 0 saturated carbocycles. The van der Waals surface area contributed by atoms with Gasteiger partial charge in [0.15, 0.2) is 0 Å². The Morgan fingerprint density at radius 2 is 0.633 bits per heavy atom. The minimum Gasteiger partial charge on any atom is -0.310 e. The van der Waals surface area contributed by atoms with Crippen molar-refractivity contribution in [2.75, 3.05) is 14.7 Å². The Bertz CT molecular complexity index is 5640. The van der Waals surface area contributed by atoms with Crippen molar-refractivity contribution in [3.63, 3.8) is 0 Å². The molecule has 0 spiro atoms. The van der Waals surface area contributed by atoms with Crippen molar-refractivity contribution in [2.24, 2.45) is 0 Å². The minimum atomic E-state index is 0.00430. The molecule has 0 bridgehead atoms. The van der Waals surface area contributed by atoms with Gasteiger partial charge in [-0.05, 0) is 195 Å². The van der Waals surface area contributed by atoms with Gasteiger partial charge in [0, 0.05) is 93.2 Å². The SMILES string of the molecule is CC1(C)c2ccccc2-c2cc3sc4cc(N(c5ccccc5)c5ccc(-c6ccccc6)cc5)ccc4c3cc21.c1ccc(-c2ccc(N(c3ccccc3)c3cc(-c4ccc5c6ccccc6n(-c6ccccc6)c5c4)cc(N(c4ccccc4)c4ccccc4)c3)cc2)cc1. The summed E-state index contributed by atoms with van der Waals surface area (Å²) in [7, 11) is 0. The standard InChI is InChI=1S/C54H39N3.C39H29NS/c1-6-18-40(19-7-1)41-30-33-48(34-31-41)56(46-24-12-4-13-25-46)50-37-43(36-49(39-50)55(44-20-8-2-9-21-44)45-22-10-3-11-23-45)42-32-35-52-51-28-16-17-29-53(51)57(54(52)38-42)47-26-14-5-15-27-47;1-39(2)35-16-10-9-15-31(35)33-25-38-34(24-36(33)39)32-22-21-30(23-37(32)41-38)40(28-13-7-4-8-14-28)29-19-17-27(18-20-29)26-11-5-3-6-12-26/h1-39H;3-25H,1-2H3. The quantitative estimate of drug-likeness (QED) is 0.114. The summed E-state index contributed by atoms with van der Waals surface area (Å²) < 4.78 is 5.06. The van der Waals surface area contributed by atoms with Gasteiger partial charge in [0.2, 0.25) is 0 Å². The Kier molecular flexibility index (Phi) is 15.4. The molecule has 2 aromatic heterocycles. The number of thiophene rings is 1. The first kappa shape index (κ1) is 59.5. The molecule has 5 heteroatoms. The zero-order valence-electron chi connectivity index (χ0n) is 54.5. The van der Waals surface area contributed by atoms with Crippen LogP contribution in [0.4, 0.5) is 51.2 Å². The van der Waals surface area contributed by atoms with Crippen LogP contribution in [-0.2, 0) is 5.41 Å². The Labute approximate surface area is 576 Å². The molecule has 17 aromatic rings. The van der Waals surface area contributed by atoms with Crippen LogP contribution in [0.2, 0.25) is 0 Å². The van der Waals surface area contributed by atoms with Crippen LogP contribution in [0.15, 0.2) is 376 Å². The van der Waals surface area contributed by atoms with E-state index in [9.17, 15) is 0 Å². The van der Waals surface area contributed by atoms with Gasteiger partial charge >= 0.3 is 0 Å². The molecule has 466 valence electrons. The molecule has 1 aliphatic rings. The highest BCUT2D eigenvalue weighted by Crippen LogP contribution is 2.53. The molecule has 0 aliphatic heterocycles. The van der Waals surface area contributed by atoms with E-state index in [0.717, 1.165) is 62.3 Å². The van der Waals surface area contributed by atoms with Crippen LogP contribution in [0.3, 0.4) is 0 Å². The smallest absolute Gasteiger partial charge is 0.0547 e. The predicted molar refractivity (Wildman–Crippen MR) is 418 cm³/mol. The number of rotatable bonds is 13. The highest BCUT2D eigenvalue weighted by atomic mass is 32.1. The summed E-state index contributed by atoms with van der Waals surface area (Å²) in [5.41, 5.74) is 26.1. The second-order valence-electron chi connectivity index (χ2n) is 25.7. The number of hydrogen-bond donors (Lipinski definition) is 0. The predicted octanol–water partition coefficient (Wildman–Crippen LogP) is 26.6. The summed E-state index contributed by atoms with van der Waals surface area (Å²) in [6.07, 6.45) is 0. The molecule has 0 amide bonds. The fourth-order valence-corrected chi connectivity index (χ4v) is 15.8. The molecule has 0 unspecified atom stereocenters. The fourth-order valence-electron chi connectivity index (χ4n) is 14.6. The molecule has 1 aliphatic carbocycles. The Morgan fingerprint density at radius 3 is 1.17 bits per heavy atom. The van der Waals surface area contributed by atoms with E-state index >= 15 is 0 Å². The van der Waals surface area contributed by atoms with E-state index in [2.05, 4.69) is 409 Å². The van der Waals surface area contributed by atoms with Gasteiger partial charge in [-0.25, -0.2) is 0 Å². The molecule has 4 nitrogen and oxygen atoms in total. The van der Waals surface area contributed by atoms with Crippen molar-refractivity contribution in [1.82, 2.24) is 4.57 Å². The molecule has 15 aromatic carbocycles. The maximum atomic E-state index is 2.46. The van der Waals surface area contributed by atoms with E-state index in [4.69, 9.17) is 0 Å². The average molecular weight is 1270 g/mol. The highest BCUT2D eigenvalue weighted by molar-refractivity contribution is 7.25. The van der Waals surface area contributed by atoms with Gasteiger partial charge in [-0.15, -0.1) is 11.3 Å². The molecular weight excluding hydrogens is 1210 g/mol. The largest absolute Gasteiger partial charge is 0.310 e. The number of nitrogens with zero attached hydrogens (tertiary/aromatic N) is 4. The molecule has 98 heavy (non-hydrogen) atoms. The monoisotopic (exact) mass is 1270 g/mol. The third kappa shape index (κ3) is 11.0. The van der Waals surface area contributed by atoms with Gasteiger partial charge in [0.25, 0.3) is 0 Å². The Morgan fingerprint density at radius 1 is 0.235 bits per heavy atom. The number of fused-ring (bicyclic) bond motifs is 9. The number of benzene rings is 15. The third-order valence-electron chi connectivity index (χ3n) is 19.4. The van der Waals surface area contributed by atoms with Crippen molar-refractivity contribution in [3.05, 3.63) is 387 Å². The number of para-hydroxylation sites is 6. The van der Waals surface area contributed by atoms with E-state index < -0.39 is 0 Å². The second kappa shape index (κ2) is 25.5. The van der Waals surface area contributed by atoms with Crippen LogP contribution in [-0.4, -0.2) is 4.57 Å². The Balaban J connectivity index is 0.000000155. The van der Waals surface area contributed by atoms with Crippen LogP contribution in [0.5, 0.6) is 0 Å². The van der Waals surface area contributed by atoms with Crippen LogP contribution in [0.25, 0.3) is 92.2 Å². The highest BCUT2D eigenvalue weighted by Gasteiger charge is 2.36. The Hall–Kier alpha value is -12.3. The normalized spacial score (nSPS) is 12.1. The maximum Gasteiger partial charge on any atom is 0.0547 e. The van der Waals surface area contributed by atoms with Gasteiger partial charge < -0.3 is 19.3 Å². The molecule has 2 heterocycles. The van der Waals surface area contributed by atoms with Crippen LogP contribution >= 0.6 is 11.3 Å². The third-order valence-corrected chi connectivity index (χ3v) is 20.5. The first-order valence-corrected chi connectivity index (χ1v) is 34.4. The summed E-state index contributed by atoms with van der Waals surface area (Å²) in [6.45, 7) is 4.72. The topological polar surface area (TPSA) is 14.7 Å². The van der Waals surface area contributed by atoms with Crippen LogP contribution in [0.1, 0.15) is 25.0 Å². The number of anilines is 9. The van der Waals surface area contributed by atoms with Gasteiger partial charge in [0.1, 0.15) is 0 Å². The van der Waals surface area contributed by atoms with Crippen molar-refractivity contribution in [1.29, 1.82) is 0 Å². The summed E-state index contributed by atoms with van der Waals surface area (Å²) >= 11 is 1.90. The molecule has 0 fully saturated rings. The minimum absolute atomic E-state index is 0.00430. The molecule has 0 N–H and O–H groups in total. The molecule has 0 atom stereocenters. The summed E-state index contributed by atoms with van der Waals surface area (Å²) in [5.74, 6) is 0. The lowest BCUT2D eigenvalue weighted by Crippen LogP contribution is -2.14. The lowest BCUT2D eigenvalue weighted by Gasteiger charge is -2.30. The summed E-state index contributed by atoms with van der Waals surface area (Å²) in [5, 5.41) is 5.16. The second-order valence-corrected chi connectivity index (χ2v) is 26.8. The van der Waals surface area contributed by atoms with Crippen molar-refractivity contribution < 1.29 is 0 Å². The molecule has 0 radical (unpaired) electrons. The van der Waals surface area contributed by atoms with Gasteiger partial charge in [-0.1, -0.05) is 250 Å². The van der Waals surface area contributed by atoms with E-state index in [1.807, 2.05) is 11.3 Å².